The number of allylic oxidation sites excluding steroid dienone is 1. The normalized spacial score (nSPS) is 14.2. The van der Waals surface area contributed by atoms with Crippen LogP contribution in [0.4, 0.5) is 0 Å². The van der Waals surface area contributed by atoms with Crippen LogP contribution in [0.25, 0.3) is 0 Å². The van der Waals surface area contributed by atoms with E-state index in [4.69, 9.17) is 34.8 Å². The number of halogens is 3. The number of hydrogen-bond donors (Lipinski definition) is 0. The Morgan fingerprint density at radius 1 is 0.789 bits per heavy atom. The Morgan fingerprint density at radius 2 is 1.26 bits per heavy atom. The molecule has 0 nitrogen and oxygen atoms in total. The Hall–Kier alpha value is 0.610. The lowest BCUT2D eigenvalue weighted by Crippen LogP contribution is -2.17. The van der Waals surface area contributed by atoms with Crippen LogP contribution in [0, 0.1) is 5.41 Å². The van der Waals surface area contributed by atoms with Gasteiger partial charge in [0.05, 0.1) is 0 Å². The van der Waals surface area contributed by atoms with E-state index < -0.39 is 0 Å². The first-order valence-corrected chi connectivity index (χ1v) is 8.78. The van der Waals surface area contributed by atoms with Gasteiger partial charge in [-0.3, -0.25) is 0 Å². The third-order valence-corrected chi connectivity index (χ3v) is 4.78. The van der Waals surface area contributed by atoms with Gasteiger partial charge in [-0.25, -0.2) is 0 Å². The largest absolute Gasteiger partial charge is 0.121 e. The minimum atomic E-state index is 0.233. The summed E-state index contributed by atoms with van der Waals surface area (Å²) in [7, 11) is 0. The summed E-state index contributed by atoms with van der Waals surface area (Å²) in [6.45, 7) is 6.81. The zero-order valence-corrected chi connectivity index (χ0v) is 15.0. The molecule has 0 fully saturated rings. The molecule has 0 N–H and O–H groups in total. The summed E-state index contributed by atoms with van der Waals surface area (Å²) in [6.07, 6.45) is 12.3. The first kappa shape index (κ1) is 19.6. The van der Waals surface area contributed by atoms with Gasteiger partial charge in [0.15, 0.2) is 0 Å². The van der Waals surface area contributed by atoms with Gasteiger partial charge in [-0.2, -0.15) is 0 Å². The molecule has 0 radical (unpaired) electrons. The van der Waals surface area contributed by atoms with E-state index in [-0.39, 0.29) is 9.91 Å². The minimum Gasteiger partial charge on any atom is -0.0865 e. The molecule has 0 aromatic carbocycles. The third kappa shape index (κ3) is 10.0. The van der Waals surface area contributed by atoms with E-state index in [1.807, 2.05) is 0 Å². The predicted octanol–water partition coefficient (Wildman–Crippen LogP) is 7.82. The summed E-state index contributed by atoms with van der Waals surface area (Å²) in [5, 5.41) is 0.623. The Kier molecular flexibility index (Phi) is 11.7. The van der Waals surface area contributed by atoms with Gasteiger partial charge < -0.3 is 0 Å². The topological polar surface area (TPSA) is 0 Å². The highest BCUT2D eigenvalue weighted by Gasteiger charge is 2.25. The molecule has 0 bridgehead atoms. The first-order chi connectivity index (χ1) is 8.95. The van der Waals surface area contributed by atoms with E-state index in [1.54, 1.807) is 0 Å². The lowest BCUT2D eigenvalue weighted by atomic mass is 9.77. The molecule has 114 valence electrons. The van der Waals surface area contributed by atoms with Crippen LogP contribution in [-0.4, -0.2) is 0 Å². The maximum atomic E-state index is 6.17. The van der Waals surface area contributed by atoms with Crippen LogP contribution in [0.5, 0.6) is 0 Å². The second-order valence-electron chi connectivity index (χ2n) is 5.92. The molecule has 0 amide bonds. The Labute approximate surface area is 134 Å². The van der Waals surface area contributed by atoms with Crippen LogP contribution in [0.15, 0.2) is 9.52 Å². The van der Waals surface area contributed by atoms with Crippen molar-refractivity contribution in [2.75, 3.05) is 0 Å². The highest BCUT2D eigenvalue weighted by Crippen LogP contribution is 2.40. The van der Waals surface area contributed by atoms with Crippen LogP contribution in [0.1, 0.15) is 85.0 Å². The van der Waals surface area contributed by atoms with Crippen molar-refractivity contribution in [2.24, 2.45) is 5.41 Å². The van der Waals surface area contributed by atoms with E-state index >= 15 is 0 Å². The van der Waals surface area contributed by atoms with E-state index in [0.717, 1.165) is 6.42 Å². The lowest BCUT2D eigenvalue weighted by molar-refractivity contribution is 0.253. The van der Waals surface area contributed by atoms with Gasteiger partial charge in [0.25, 0.3) is 0 Å². The molecule has 0 saturated carbocycles. The molecule has 0 aromatic heterocycles. The summed E-state index contributed by atoms with van der Waals surface area (Å²) in [5.41, 5.74) is 0.245. The van der Waals surface area contributed by atoms with Crippen molar-refractivity contribution in [1.29, 1.82) is 0 Å². The van der Waals surface area contributed by atoms with Crippen molar-refractivity contribution in [1.82, 2.24) is 0 Å². The van der Waals surface area contributed by atoms with Gasteiger partial charge in [0, 0.05) is 5.03 Å². The molecular formula is C16H29Cl3. The van der Waals surface area contributed by atoms with E-state index in [1.165, 1.54) is 57.8 Å². The van der Waals surface area contributed by atoms with Crippen LogP contribution in [-0.2, 0) is 0 Å². The van der Waals surface area contributed by atoms with Crippen molar-refractivity contribution >= 4 is 34.8 Å². The van der Waals surface area contributed by atoms with Crippen LogP contribution in [0.2, 0.25) is 0 Å². The standard InChI is InChI=1S/C16H29Cl3/c1-4-6-8-10-12-16(3,11-9-7-5-2)13-14(17)15(18)19/h4-13H2,1-3H3. The van der Waals surface area contributed by atoms with Crippen molar-refractivity contribution in [3.8, 4) is 0 Å². The molecule has 0 spiro atoms. The first-order valence-electron chi connectivity index (χ1n) is 7.65. The Bertz CT molecular complexity index is 257. The molecule has 0 aliphatic rings. The van der Waals surface area contributed by atoms with Gasteiger partial charge in [-0.05, 0) is 24.7 Å². The van der Waals surface area contributed by atoms with Crippen LogP contribution < -0.4 is 0 Å². The fourth-order valence-electron chi connectivity index (χ4n) is 2.52. The SMILES string of the molecule is CCCCCCC(C)(CCCCC)CC(Cl)=C(Cl)Cl. The van der Waals surface area contributed by atoms with Crippen LogP contribution >= 0.6 is 34.8 Å². The van der Waals surface area contributed by atoms with Crippen molar-refractivity contribution < 1.29 is 0 Å². The lowest BCUT2D eigenvalue weighted by Gasteiger charge is -2.30. The zero-order chi connectivity index (χ0) is 14.7. The van der Waals surface area contributed by atoms with Gasteiger partial charge in [-0.15, -0.1) is 0 Å². The number of unbranched alkanes of at least 4 members (excludes halogenated alkanes) is 5. The summed E-state index contributed by atoms with van der Waals surface area (Å²) in [6, 6.07) is 0. The monoisotopic (exact) mass is 326 g/mol. The molecule has 1 unspecified atom stereocenters. The highest BCUT2D eigenvalue weighted by atomic mass is 35.5. The minimum absolute atomic E-state index is 0.233. The van der Waals surface area contributed by atoms with E-state index in [2.05, 4.69) is 20.8 Å². The molecule has 19 heavy (non-hydrogen) atoms. The van der Waals surface area contributed by atoms with E-state index in [9.17, 15) is 0 Å². The quantitative estimate of drug-likeness (QED) is 0.339. The summed E-state index contributed by atoms with van der Waals surface area (Å²) in [5.74, 6) is 0. The highest BCUT2D eigenvalue weighted by molar-refractivity contribution is 6.59. The van der Waals surface area contributed by atoms with Gasteiger partial charge in [0.1, 0.15) is 4.49 Å². The Morgan fingerprint density at radius 3 is 1.74 bits per heavy atom. The van der Waals surface area contributed by atoms with Crippen molar-refractivity contribution in [3.05, 3.63) is 9.52 Å². The van der Waals surface area contributed by atoms with E-state index in [0.29, 0.717) is 5.03 Å². The molecule has 0 saturated heterocycles. The smallest absolute Gasteiger partial charge is 0.0865 e. The van der Waals surface area contributed by atoms with Crippen molar-refractivity contribution in [2.45, 2.75) is 85.0 Å². The molecule has 1 atom stereocenters. The van der Waals surface area contributed by atoms with Gasteiger partial charge in [0.2, 0.25) is 0 Å². The molecule has 0 heterocycles. The second-order valence-corrected chi connectivity index (χ2v) is 7.33. The van der Waals surface area contributed by atoms with Gasteiger partial charge in [-0.1, -0.05) is 101 Å². The second kappa shape index (κ2) is 11.3. The summed E-state index contributed by atoms with van der Waals surface area (Å²) in [4.78, 5) is 0. The average Bonchev–Trinajstić information content (AvgIpc) is 2.35. The zero-order valence-electron chi connectivity index (χ0n) is 12.7. The third-order valence-electron chi connectivity index (χ3n) is 3.80. The Balaban J connectivity index is 4.39. The fraction of sp³-hybridized carbons (Fsp3) is 0.875. The summed E-state index contributed by atoms with van der Waals surface area (Å²) >= 11 is 17.8. The molecule has 0 aliphatic heterocycles. The molecule has 0 aromatic rings. The van der Waals surface area contributed by atoms with Crippen molar-refractivity contribution in [3.63, 3.8) is 0 Å². The van der Waals surface area contributed by atoms with Crippen LogP contribution in [0.3, 0.4) is 0 Å². The summed E-state index contributed by atoms with van der Waals surface area (Å²) < 4.78 is 0.233. The molecule has 3 heteroatoms. The van der Waals surface area contributed by atoms with Gasteiger partial charge >= 0.3 is 0 Å². The predicted molar refractivity (Wildman–Crippen MR) is 90.2 cm³/mol. The fourth-order valence-corrected chi connectivity index (χ4v) is 2.98. The molecule has 0 rings (SSSR count). The maximum absolute atomic E-state index is 6.17. The average molecular weight is 328 g/mol. The number of hydrogen-bond acceptors (Lipinski definition) is 0. The number of rotatable bonds is 11. The molecular weight excluding hydrogens is 299 g/mol. The molecule has 0 aliphatic carbocycles. The maximum Gasteiger partial charge on any atom is 0.121 e.